The Bertz CT molecular complexity index is 700. The fourth-order valence-electron chi connectivity index (χ4n) is 1.69. The molecular formula is C14H12N2O5. The molecule has 108 valence electrons. The lowest BCUT2D eigenvalue weighted by molar-refractivity contribution is 0.0698. The maximum absolute atomic E-state index is 12.0. The van der Waals surface area contributed by atoms with Gasteiger partial charge in [0.15, 0.2) is 0 Å². The Morgan fingerprint density at radius 3 is 2.62 bits per heavy atom. The van der Waals surface area contributed by atoms with Crippen molar-refractivity contribution in [1.82, 2.24) is 4.98 Å². The number of aromatic hydroxyl groups is 1. The molecule has 0 fully saturated rings. The van der Waals surface area contributed by atoms with Crippen molar-refractivity contribution in [3.8, 4) is 11.5 Å². The molecule has 0 bridgehead atoms. The van der Waals surface area contributed by atoms with Gasteiger partial charge in [0.05, 0.1) is 30.1 Å². The number of anilines is 1. The van der Waals surface area contributed by atoms with Gasteiger partial charge in [-0.3, -0.25) is 9.78 Å². The highest BCUT2D eigenvalue weighted by Crippen LogP contribution is 2.23. The first kappa shape index (κ1) is 14.3. The predicted octanol–water partition coefficient (Wildman–Crippen LogP) is 1.75. The number of hydrogen-bond donors (Lipinski definition) is 3. The Morgan fingerprint density at radius 2 is 2.00 bits per heavy atom. The second-order valence-corrected chi connectivity index (χ2v) is 4.10. The number of pyridine rings is 1. The summed E-state index contributed by atoms with van der Waals surface area (Å²) in [4.78, 5) is 26.9. The average molecular weight is 288 g/mol. The Balaban J connectivity index is 2.33. The van der Waals surface area contributed by atoms with Gasteiger partial charge < -0.3 is 20.3 Å². The highest BCUT2D eigenvalue weighted by molar-refractivity contribution is 6.07. The number of amides is 1. The van der Waals surface area contributed by atoms with E-state index >= 15 is 0 Å². The number of methoxy groups -OCH3 is 1. The summed E-state index contributed by atoms with van der Waals surface area (Å²) in [6.45, 7) is 0. The van der Waals surface area contributed by atoms with Gasteiger partial charge in [-0.05, 0) is 18.2 Å². The van der Waals surface area contributed by atoms with Crippen LogP contribution in [-0.4, -0.2) is 34.2 Å². The summed E-state index contributed by atoms with van der Waals surface area (Å²) in [5.41, 5.74) is 0.126. The first-order valence-electron chi connectivity index (χ1n) is 5.88. The average Bonchev–Trinajstić information content (AvgIpc) is 2.46. The summed E-state index contributed by atoms with van der Waals surface area (Å²) < 4.78 is 5.00. The maximum atomic E-state index is 12.0. The minimum Gasteiger partial charge on any atom is -0.506 e. The topological polar surface area (TPSA) is 109 Å². The molecule has 0 atom stereocenters. The van der Waals surface area contributed by atoms with Crippen LogP contribution < -0.4 is 10.1 Å². The molecule has 0 radical (unpaired) electrons. The van der Waals surface area contributed by atoms with Crippen molar-refractivity contribution in [2.24, 2.45) is 0 Å². The fraction of sp³-hybridized carbons (Fsp3) is 0.0714. The van der Waals surface area contributed by atoms with Crippen molar-refractivity contribution in [3.05, 3.63) is 47.8 Å². The molecule has 2 aromatic rings. The normalized spacial score (nSPS) is 9.95. The lowest BCUT2D eigenvalue weighted by Gasteiger charge is -2.10. The van der Waals surface area contributed by atoms with E-state index in [4.69, 9.17) is 9.84 Å². The third-order valence-corrected chi connectivity index (χ3v) is 2.69. The third kappa shape index (κ3) is 3.27. The van der Waals surface area contributed by atoms with Crippen LogP contribution in [0.25, 0.3) is 0 Å². The van der Waals surface area contributed by atoms with Crippen LogP contribution in [0.5, 0.6) is 11.5 Å². The highest BCUT2D eigenvalue weighted by atomic mass is 16.5. The second-order valence-electron chi connectivity index (χ2n) is 4.10. The van der Waals surface area contributed by atoms with Gasteiger partial charge in [-0.1, -0.05) is 0 Å². The van der Waals surface area contributed by atoms with Crippen molar-refractivity contribution in [2.45, 2.75) is 0 Å². The van der Waals surface area contributed by atoms with Gasteiger partial charge in [0.2, 0.25) is 0 Å². The smallest absolute Gasteiger partial charge is 0.337 e. The van der Waals surface area contributed by atoms with Crippen molar-refractivity contribution in [1.29, 1.82) is 0 Å². The van der Waals surface area contributed by atoms with E-state index < -0.39 is 11.9 Å². The molecule has 7 nitrogen and oxygen atoms in total. The highest BCUT2D eigenvalue weighted by Gasteiger charge is 2.15. The lowest BCUT2D eigenvalue weighted by Crippen LogP contribution is -2.15. The summed E-state index contributed by atoms with van der Waals surface area (Å²) in [6, 6.07) is 5.44. The van der Waals surface area contributed by atoms with Crippen LogP contribution in [0.4, 0.5) is 5.69 Å². The zero-order valence-electron chi connectivity index (χ0n) is 11.0. The number of benzene rings is 1. The summed E-state index contributed by atoms with van der Waals surface area (Å²) in [6.07, 6.45) is 2.45. The Morgan fingerprint density at radius 1 is 1.24 bits per heavy atom. The van der Waals surface area contributed by atoms with Gasteiger partial charge in [-0.25, -0.2) is 4.79 Å². The van der Waals surface area contributed by atoms with Crippen LogP contribution in [0, 0.1) is 0 Å². The van der Waals surface area contributed by atoms with Crippen LogP contribution in [0.1, 0.15) is 20.7 Å². The molecular weight excluding hydrogens is 276 g/mol. The molecule has 1 aromatic carbocycles. The molecule has 1 heterocycles. The van der Waals surface area contributed by atoms with Crippen LogP contribution in [0.2, 0.25) is 0 Å². The molecule has 7 heteroatoms. The Hall–Kier alpha value is -3.09. The van der Waals surface area contributed by atoms with E-state index in [0.717, 1.165) is 0 Å². The number of carboxylic acid groups (broad SMARTS) is 1. The minimum absolute atomic E-state index is 0.0720. The predicted molar refractivity (Wildman–Crippen MR) is 73.8 cm³/mol. The van der Waals surface area contributed by atoms with Crippen LogP contribution >= 0.6 is 0 Å². The number of carbonyl (C=O) groups is 2. The third-order valence-electron chi connectivity index (χ3n) is 2.69. The standard InChI is InChI=1S/C14H12N2O5/c1-21-10-2-3-11(14(19)20)12(5-10)16-13(18)8-4-9(17)7-15-6-8/h2-7,17H,1H3,(H,16,18)(H,19,20). The number of ether oxygens (including phenoxy) is 1. The number of rotatable bonds is 4. The number of hydrogen-bond acceptors (Lipinski definition) is 5. The monoisotopic (exact) mass is 288 g/mol. The molecule has 2 rings (SSSR count). The first-order valence-corrected chi connectivity index (χ1v) is 5.88. The van der Waals surface area contributed by atoms with Crippen molar-refractivity contribution in [2.75, 3.05) is 12.4 Å². The van der Waals surface area contributed by atoms with Crippen LogP contribution in [0.3, 0.4) is 0 Å². The maximum Gasteiger partial charge on any atom is 0.337 e. The summed E-state index contributed by atoms with van der Waals surface area (Å²) in [5.74, 6) is -1.52. The number of carboxylic acids is 1. The van der Waals surface area contributed by atoms with Gasteiger partial charge in [-0.2, -0.15) is 0 Å². The van der Waals surface area contributed by atoms with Gasteiger partial charge in [0.25, 0.3) is 5.91 Å². The van der Waals surface area contributed by atoms with Crippen molar-refractivity contribution in [3.63, 3.8) is 0 Å². The molecule has 3 N–H and O–H groups in total. The van der Waals surface area contributed by atoms with E-state index in [1.807, 2.05) is 0 Å². The largest absolute Gasteiger partial charge is 0.506 e. The van der Waals surface area contributed by atoms with E-state index in [1.54, 1.807) is 0 Å². The molecule has 0 aliphatic carbocycles. The lowest BCUT2D eigenvalue weighted by atomic mass is 10.1. The molecule has 0 unspecified atom stereocenters. The number of nitrogens with one attached hydrogen (secondary N) is 1. The number of aromatic carboxylic acids is 1. The first-order chi connectivity index (χ1) is 10.0. The number of carbonyl (C=O) groups excluding carboxylic acids is 1. The molecule has 0 aliphatic rings. The second kappa shape index (κ2) is 5.91. The van der Waals surface area contributed by atoms with Crippen LogP contribution in [0.15, 0.2) is 36.7 Å². The summed E-state index contributed by atoms with van der Waals surface area (Å²) >= 11 is 0. The van der Waals surface area contributed by atoms with E-state index in [-0.39, 0.29) is 22.6 Å². The van der Waals surface area contributed by atoms with Gasteiger partial charge in [-0.15, -0.1) is 0 Å². The molecule has 0 spiro atoms. The zero-order chi connectivity index (χ0) is 15.4. The van der Waals surface area contributed by atoms with Crippen LogP contribution in [-0.2, 0) is 0 Å². The van der Waals surface area contributed by atoms with E-state index in [2.05, 4.69) is 10.3 Å². The molecule has 0 saturated carbocycles. The number of aromatic nitrogens is 1. The van der Waals surface area contributed by atoms with Gasteiger partial charge in [0, 0.05) is 12.3 Å². The van der Waals surface area contributed by atoms with Gasteiger partial charge in [0.1, 0.15) is 11.5 Å². The summed E-state index contributed by atoms with van der Waals surface area (Å²) in [7, 11) is 1.43. The Kier molecular flexibility index (Phi) is 4.03. The minimum atomic E-state index is -1.18. The quantitative estimate of drug-likeness (QED) is 0.790. The van der Waals surface area contributed by atoms with E-state index in [1.165, 1.54) is 43.8 Å². The molecule has 21 heavy (non-hydrogen) atoms. The molecule has 0 aliphatic heterocycles. The molecule has 1 aromatic heterocycles. The molecule has 0 saturated heterocycles. The van der Waals surface area contributed by atoms with E-state index in [0.29, 0.717) is 5.75 Å². The van der Waals surface area contributed by atoms with Gasteiger partial charge >= 0.3 is 5.97 Å². The van der Waals surface area contributed by atoms with Crippen molar-refractivity contribution < 1.29 is 24.5 Å². The fourth-order valence-corrected chi connectivity index (χ4v) is 1.69. The van der Waals surface area contributed by atoms with E-state index in [9.17, 15) is 14.7 Å². The number of nitrogens with zero attached hydrogens (tertiary/aromatic N) is 1. The summed E-state index contributed by atoms with van der Waals surface area (Å²) in [5, 5.41) is 20.9. The zero-order valence-corrected chi connectivity index (χ0v) is 11.0. The SMILES string of the molecule is COc1ccc(C(=O)O)c(NC(=O)c2cncc(O)c2)c1. The molecule has 1 amide bonds. The van der Waals surface area contributed by atoms with Crippen molar-refractivity contribution >= 4 is 17.6 Å². The Labute approximate surface area is 119 Å².